The highest BCUT2D eigenvalue weighted by Gasteiger charge is 2.11. The van der Waals surface area contributed by atoms with Gasteiger partial charge in [0.25, 0.3) is 0 Å². The molecule has 0 atom stereocenters. The number of nitrogens with zero attached hydrogens (tertiary/aromatic N) is 2. The summed E-state index contributed by atoms with van der Waals surface area (Å²) in [6, 6.07) is 16.1. The molecule has 4 rings (SSSR count). The van der Waals surface area contributed by atoms with Gasteiger partial charge in [-0.15, -0.1) is 11.3 Å². The zero-order valence-electron chi connectivity index (χ0n) is 16.5. The van der Waals surface area contributed by atoms with Crippen molar-refractivity contribution in [2.45, 2.75) is 26.3 Å². The summed E-state index contributed by atoms with van der Waals surface area (Å²) < 4.78 is 7.30. The van der Waals surface area contributed by atoms with Gasteiger partial charge in [-0.1, -0.05) is 29.8 Å². The van der Waals surface area contributed by atoms with Crippen molar-refractivity contribution in [1.82, 2.24) is 14.7 Å². The zero-order chi connectivity index (χ0) is 20.2. The Balaban J connectivity index is 1.38. The topological polar surface area (TPSA) is 55.6 Å². The maximum atomic E-state index is 12.3. The number of nitrogens with one attached hydrogen (secondary N) is 1. The van der Waals surface area contributed by atoms with Gasteiger partial charge >= 0.3 is 0 Å². The minimum absolute atomic E-state index is 0.0559. The molecule has 0 fully saturated rings. The number of methoxy groups -OCH3 is 1. The van der Waals surface area contributed by atoms with Crippen LogP contribution in [0.25, 0.3) is 16.2 Å². The second-order valence-corrected chi connectivity index (χ2v) is 7.83. The van der Waals surface area contributed by atoms with E-state index in [0.717, 1.165) is 33.2 Å². The molecule has 0 aliphatic rings. The summed E-state index contributed by atoms with van der Waals surface area (Å²) in [6.07, 6.45) is 3.17. The summed E-state index contributed by atoms with van der Waals surface area (Å²) in [5.41, 5.74) is 5.40. The molecule has 29 heavy (non-hydrogen) atoms. The number of thiazole rings is 1. The number of rotatable bonds is 7. The van der Waals surface area contributed by atoms with Crippen molar-refractivity contribution >= 4 is 22.2 Å². The standard InChI is InChI=1S/C23H23N3O2S/c1-16-3-5-17(6-4-16)13-24-22(27)12-9-19-15-29-23-25-21(14-26(19)23)18-7-10-20(28-2)11-8-18/h3-8,10-11,14-15H,9,12-13H2,1-2H3,(H,24,27). The maximum Gasteiger partial charge on any atom is 0.220 e. The predicted octanol–water partition coefficient (Wildman–Crippen LogP) is 4.63. The molecule has 0 saturated heterocycles. The molecule has 4 aromatic rings. The molecule has 0 unspecified atom stereocenters. The van der Waals surface area contributed by atoms with Gasteiger partial charge in [0.05, 0.1) is 12.8 Å². The molecule has 1 N–H and O–H groups in total. The lowest BCUT2D eigenvalue weighted by Crippen LogP contribution is -2.23. The second kappa shape index (κ2) is 8.49. The smallest absolute Gasteiger partial charge is 0.220 e. The normalized spacial score (nSPS) is 11.0. The highest BCUT2D eigenvalue weighted by atomic mass is 32.1. The average Bonchev–Trinajstić information content (AvgIpc) is 3.33. The van der Waals surface area contributed by atoms with Crippen LogP contribution in [0.1, 0.15) is 23.2 Å². The highest BCUT2D eigenvalue weighted by molar-refractivity contribution is 7.15. The predicted molar refractivity (Wildman–Crippen MR) is 116 cm³/mol. The van der Waals surface area contributed by atoms with Gasteiger partial charge < -0.3 is 10.1 Å². The summed E-state index contributed by atoms with van der Waals surface area (Å²) in [6.45, 7) is 2.62. The first-order chi connectivity index (χ1) is 14.1. The minimum Gasteiger partial charge on any atom is -0.497 e. The van der Waals surface area contributed by atoms with E-state index in [-0.39, 0.29) is 5.91 Å². The first-order valence-corrected chi connectivity index (χ1v) is 10.4. The Hall–Kier alpha value is -3.12. The van der Waals surface area contributed by atoms with Gasteiger partial charge in [0, 0.05) is 35.8 Å². The van der Waals surface area contributed by atoms with Gasteiger partial charge in [0.15, 0.2) is 4.96 Å². The number of ether oxygens (including phenoxy) is 1. The quantitative estimate of drug-likeness (QED) is 0.488. The molecule has 0 radical (unpaired) electrons. The molecule has 2 heterocycles. The first-order valence-electron chi connectivity index (χ1n) is 9.54. The Labute approximate surface area is 174 Å². The van der Waals surface area contributed by atoms with Crippen molar-refractivity contribution < 1.29 is 9.53 Å². The fourth-order valence-corrected chi connectivity index (χ4v) is 4.05. The Morgan fingerprint density at radius 3 is 2.62 bits per heavy atom. The van der Waals surface area contributed by atoms with E-state index in [0.29, 0.717) is 19.4 Å². The maximum absolute atomic E-state index is 12.3. The van der Waals surface area contributed by atoms with E-state index in [1.165, 1.54) is 5.56 Å². The van der Waals surface area contributed by atoms with Crippen LogP contribution in [0.4, 0.5) is 0 Å². The summed E-state index contributed by atoms with van der Waals surface area (Å²) >= 11 is 1.60. The molecular weight excluding hydrogens is 382 g/mol. The van der Waals surface area contributed by atoms with Crippen LogP contribution in [-0.4, -0.2) is 22.4 Å². The fraction of sp³-hybridized carbons (Fsp3) is 0.217. The van der Waals surface area contributed by atoms with Crippen molar-refractivity contribution in [3.8, 4) is 17.0 Å². The SMILES string of the molecule is COc1ccc(-c2cn3c(CCC(=O)NCc4ccc(C)cc4)csc3n2)cc1. The molecule has 0 bridgehead atoms. The lowest BCUT2D eigenvalue weighted by atomic mass is 10.1. The summed E-state index contributed by atoms with van der Waals surface area (Å²) in [7, 11) is 1.66. The third kappa shape index (κ3) is 4.49. The van der Waals surface area contributed by atoms with Gasteiger partial charge in [-0.3, -0.25) is 9.20 Å². The molecule has 6 heteroatoms. The van der Waals surface area contributed by atoms with E-state index in [2.05, 4.69) is 34.2 Å². The third-order valence-electron chi connectivity index (χ3n) is 4.89. The van der Waals surface area contributed by atoms with E-state index in [9.17, 15) is 4.79 Å². The molecule has 0 saturated carbocycles. The van der Waals surface area contributed by atoms with Gasteiger partial charge in [-0.25, -0.2) is 4.98 Å². The molecular formula is C23H23N3O2S. The van der Waals surface area contributed by atoms with E-state index < -0.39 is 0 Å². The number of benzene rings is 2. The van der Waals surface area contributed by atoms with Crippen molar-refractivity contribution in [3.05, 3.63) is 76.9 Å². The highest BCUT2D eigenvalue weighted by Crippen LogP contribution is 2.25. The lowest BCUT2D eigenvalue weighted by Gasteiger charge is -2.05. The molecule has 0 aliphatic heterocycles. The first kappa shape index (κ1) is 19.2. The number of aromatic nitrogens is 2. The van der Waals surface area contributed by atoms with Crippen molar-refractivity contribution in [3.63, 3.8) is 0 Å². The minimum atomic E-state index is 0.0559. The Bertz CT molecular complexity index is 1110. The largest absolute Gasteiger partial charge is 0.497 e. The number of carbonyl (C=O) groups excluding carboxylic acids is 1. The third-order valence-corrected chi connectivity index (χ3v) is 5.78. The number of carbonyl (C=O) groups is 1. The molecule has 0 spiro atoms. The summed E-state index contributed by atoms with van der Waals surface area (Å²) in [5.74, 6) is 0.882. The van der Waals surface area contributed by atoms with Crippen LogP contribution in [-0.2, 0) is 17.8 Å². The average molecular weight is 406 g/mol. The van der Waals surface area contributed by atoms with Gasteiger partial charge in [-0.2, -0.15) is 0 Å². The van der Waals surface area contributed by atoms with E-state index >= 15 is 0 Å². The number of hydrogen-bond donors (Lipinski definition) is 1. The van der Waals surface area contributed by atoms with E-state index in [1.807, 2.05) is 42.6 Å². The molecule has 2 aromatic heterocycles. The number of imidazole rings is 1. The Kier molecular flexibility index (Phi) is 5.62. The summed E-state index contributed by atoms with van der Waals surface area (Å²) in [5, 5.41) is 5.08. The van der Waals surface area contributed by atoms with Crippen LogP contribution in [0, 0.1) is 6.92 Å². The van der Waals surface area contributed by atoms with Crippen LogP contribution in [0.2, 0.25) is 0 Å². The van der Waals surface area contributed by atoms with E-state index in [1.54, 1.807) is 18.4 Å². The fourth-order valence-electron chi connectivity index (χ4n) is 3.15. The number of aryl methyl sites for hydroxylation is 2. The van der Waals surface area contributed by atoms with E-state index in [4.69, 9.17) is 9.72 Å². The van der Waals surface area contributed by atoms with Crippen molar-refractivity contribution in [2.24, 2.45) is 0 Å². The molecule has 1 amide bonds. The van der Waals surface area contributed by atoms with Crippen LogP contribution in [0.5, 0.6) is 5.75 Å². The Morgan fingerprint density at radius 1 is 1.14 bits per heavy atom. The Morgan fingerprint density at radius 2 is 1.90 bits per heavy atom. The van der Waals surface area contributed by atoms with Gasteiger partial charge in [0.1, 0.15) is 5.75 Å². The molecule has 148 valence electrons. The second-order valence-electron chi connectivity index (χ2n) is 7.00. The zero-order valence-corrected chi connectivity index (χ0v) is 17.3. The van der Waals surface area contributed by atoms with Gasteiger partial charge in [0.2, 0.25) is 5.91 Å². The molecule has 5 nitrogen and oxygen atoms in total. The number of fused-ring (bicyclic) bond motifs is 1. The molecule has 0 aliphatic carbocycles. The van der Waals surface area contributed by atoms with Crippen molar-refractivity contribution in [2.75, 3.05) is 7.11 Å². The van der Waals surface area contributed by atoms with Gasteiger partial charge in [-0.05, 0) is 43.2 Å². The van der Waals surface area contributed by atoms with Crippen LogP contribution < -0.4 is 10.1 Å². The lowest BCUT2D eigenvalue weighted by molar-refractivity contribution is -0.121. The van der Waals surface area contributed by atoms with Crippen molar-refractivity contribution in [1.29, 1.82) is 0 Å². The monoisotopic (exact) mass is 405 g/mol. The molecule has 2 aromatic carbocycles. The van der Waals surface area contributed by atoms with Crippen LogP contribution in [0.3, 0.4) is 0 Å². The van der Waals surface area contributed by atoms with Crippen LogP contribution >= 0.6 is 11.3 Å². The number of amides is 1. The summed E-state index contributed by atoms with van der Waals surface area (Å²) in [4.78, 5) is 17.9. The van der Waals surface area contributed by atoms with Crippen LogP contribution in [0.15, 0.2) is 60.1 Å². The number of hydrogen-bond acceptors (Lipinski definition) is 4.